The third-order valence-corrected chi connectivity index (χ3v) is 10.1. The molecule has 1 aromatic heterocycles. The van der Waals surface area contributed by atoms with Gasteiger partial charge in [-0.2, -0.15) is 0 Å². The lowest BCUT2D eigenvalue weighted by Crippen LogP contribution is -2.54. The van der Waals surface area contributed by atoms with Crippen molar-refractivity contribution in [2.24, 2.45) is 0 Å². The summed E-state index contributed by atoms with van der Waals surface area (Å²) in [5.41, 5.74) is 3.04. The van der Waals surface area contributed by atoms with Crippen molar-refractivity contribution in [1.82, 2.24) is 14.8 Å². The van der Waals surface area contributed by atoms with E-state index < -0.39 is 17.5 Å². The molecule has 0 spiro atoms. The Morgan fingerprint density at radius 3 is 2.56 bits per heavy atom. The molecule has 43 heavy (non-hydrogen) atoms. The zero-order valence-corrected chi connectivity index (χ0v) is 25.9. The molecule has 8 nitrogen and oxygen atoms in total. The highest BCUT2D eigenvalue weighted by Crippen LogP contribution is 2.36. The molecule has 6 rings (SSSR count). The van der Waals surface area contributed by atoms with E-state index in [-0.39, 0.29) is 10.3 Å². The number of aromatic amines is 1. The van der Waals surface area contributed by atoms with Crippen LogP contribution in [0.1, 0.15) is 47.5 Å². The van der Waals surface area contributed by atoms with Crippen LogP contribution in [0.15, 0.2) is 59.3 Å². The summed E-state index contributed by atoms with van der Waals surface area (Å²) in [6, 6.07) is 10.9. The van der Waals surface area contributed by atoms with E-state index in [1.54, 1.807) is 6.20 Å². The highest BCUT2D eigenvalue weighted by Gasteiger charge is 2.39. The Morgan fingerprint density at radius 1 is 1.09 bits per heavy atom. The normalized spacial score (nSPS) is 21.1. The average Bonchev–Trinajstić information content (AvgIpc) is 3.46. The quantitative estimate of drug-likeness (QED) is 0.240. The maximum atomic E-state index is 13.5. The molecule has 2 aromatic carbocycles. The maximum absolute atomic E-state index is 13.5. The Bertz CT molecular complexity index is 1460. The van der Waals surface area contributed by atoms with Gasteiger partial charge in [0.15, 0.2) is 5.78 Å². The first-order valence-corrected chi connectivity index (χ1v) is 16.1. The molecule has 230 valence electrons. The van der Waals surface area contributed by atoms with Crippen molar-refractivity contribution >= 4 is 38.3 Å². The molecular formula is C33H40BrFN4O4. The predicted octanol–water partition coefficient (Wildman–Crippen LogP) is 4.67. The van der Waals surface area contributed by atoms with Crippen LogP contribution in [0.2, 0.25) is 0 Å². The fourth-order valence-electron chi connectivity index (χ4n) is 6.64. The number of halogens is 2. The van der Waals surface area contributed by atoms with Gasteiger partial charge in [0.2, 0.25) is 0 Å². The van der Waals surface area contributed by atoms with Crippen molar-refractivity contribution in [3.63, 3.8) is 0 Å². The molecule has 3 aliphatic heterocycles. The number of β-amino-alcohol motifs (C(OH)–C–C–N with tert-alkyl or cyclic N) is 1. The van der Waals surface area contributed by atoms with Crippen LogP contribution in [0.3, 0.4) is 0 Å². The number of benzene rings is 2. The number of aromatic nitrogens is 1. The molecule has 0 amide bonds. The number of hydrogen-bond acceptors (Lipinski definition) is 7. The number of fused-ring (bicyclic) bond motifs is 1. The molecular weight excluding hydrogens is 615 g/mol. The highest BCUT2D eigenvalue weighted by molar-refractivity contribution is 9.10. The number of rotatable bonds is 8. The van der Waals surface area contributed by atoms with E-state index in [0.717, 1.165) is 52.2 Å². The van der Waals surface area contributed by atoms with E-state index in [4.69, 9.17) is 4.74 Å². The topological polar surface area (TPSA) is 92.3 Å². The van der Waals surface area contributed by atoms with Gasteiger partial charge in [-0.05, 0) is 103 Å². The number of morpholine rings is 1. The van der Waals surface area contributed by atoms with Crippen LogP contribution in [0.25, 0.3) is 10.9 Å². The van der Waals surface area contributed by atoms with Crippen molar-refractivity contribution in [1.29, 1.82) is 0 Å². The number of aliphatic hydroxyl groups is 2. The summed E-state index contributed by atoms with van der Waals surface area (Å²) in [5.74, 6) is -0.166. The van der Waals surface area contributed by atoms with Gasteiger partial charge in [-0.3, -0.25) is 4.79 Å². The first-order chi connectivity index (χ1) is 20.8. The number of piperidine rings is 2. The van der Waals surface area contributed by atoms with Crippen molar-refractivity contribution in [2.45, 2.75) is 43.3 Å². The standard InChI is InChI=1S/C33H40BrFN4O4/c34-28-19-24(1-3-29(28)35)31(40)7-12-37-13-8-33(42,9-14-37)32(41)22-38-10-5-23(6-11-38)27-21-36-30-4-2-25(20-26(27)30)39-15-17-43-18-16-39/h1-4,7,12,19-21,23,32,36,41-42H,5-6,8-11,13-18,22H2. The van der Waals surface area contributed by atoms with E-state index in [2.05, 4.69) is 55.1 Å². The second-order valence-corrected chi connectivity index (χ2v) is 13.0. The first kappa shape index (κ1) is 30.3. The van der Waals surface area contributed by atoms with E-state index >= 15 is 0 Å². The molecule has 0 aliphatic carbocycles. The number of hydrogen-bond donors (Lipinski definition) is 3. The Morgan fingerprint density at radius 2 is 1.84 bits per heavy atom. The van der Waals surface area contributed by atoms with E-state index in [1.165, 1.54) is 46.4 Å². The summed E-state index contributed by atoms with van der Waals surface area (Å²) >= 11 is 3.12. The summed E-state index contributed by atoms with van der Waals surface area (Å²) < 4.78 is 19.3. The van der Waals surface area contributed by atoms with Crippen LogP contribution < -0.4 is 4.90 Å². The van der Waals surface area contributed by atoms with Crippen LogP contribution in [0.4, 0.5) is 10.1 Å². The van der Waals surface area contributed by atoms with Gasteiger partial charge in [0.25, 0.3) is 0 Å². The summed E-state index contributed by atoms with van der Waals surface area (Å²) in [7, 11) is 0. The van der Waals surface area contributed by atoms with E-state index in [0.29, 0.717) is 44.0 Å². The first-order valence-electron chi connectivity index (χ1n) is 15.3. The largest absolute Gasteiger partial charge is 0.389 e. The molecule has 1 atom stereocenters. The van der Waals surface area contributed by atoms with Gasteiger partial charge < -0.3 is 34.6 Å². The lowest BCUT2D eigenvalue weighted by molar-refractivity contribution is -0.114. The molecule has 10 heteroatoms. The molecule has 3 aliphatic rings. The maximum Gasteiger partial charge on any atom is 0.187 e. The minimum Gasteiger partial charge on any atom is -0.389 e. The number of aliphatic hydroxyl groups excluding tert-OH is 1. The molecule has 0 bridgehead atoms. The van der Waals surface area contributed by atoms with Crippen molar-refractivity contribution in [3.8, 4) is 0 Å². The smallest absolute Gasteiger partial charge is 0.187 e. The minimum atomic E-state index is -1.15. The van der Waals surface area contributed by atoms with Gasteiger partial charge in [-0.1, -0.05) is 0 Å². The molecule has 3 fully saturated rings. The summed E-state index contributed by atoms with van der Waals surface area (Å²) in [5, 5.41) is 23.7. The molecule has 3 saturated heterocycles. The van der Waals surface area contributed by atoms with Gasteiger partial charge in [0.05, 0.1) is 29.4 Å². The fraction of sp³-hybridized carbons (Fsp3) is 0.485. The number of allylic oxidation sites excluding steroid dienone is 1. The molecule has 3 N–H and O–H groups in total. The number of ether oxygens (including phenoxy) is 1. The number of nitrogens with one attached hydrogen (secondary N) is 1. The molecule has 4 heterocycles. The number of anilines is 1. The Kier molecular flexibility index (Phi) is 9.21. The van der Waals surface area contributed by atoms with Gasteiger partial charge in [-0.25, -0.2) is 4.39 Å². The van der Waals surface area contributed by atoms with Crippen molar-refractivity contribution < 1.29 is 24.1 Å². The van der Waals surface area contributed by atoms with Crippen molar-refractivity contribution in [3.05, 3.63) is 76.3 Å². The monoisotopic (exact) mass is 654 g/mol. The zero-order valence-electron chi connectivity index (χ0n) is 24.4. The lowest BCUT2D eigenvalue weighted by atomic mass is 9.84. The third-order valence-electron chi connectivity index (χ3n) is 9.46. The number of likely N-dealkylation sites (tertiary alicyclic amines) is 2. The number of nitrogens with zero attached hydrogens (tertiary/aromatic N) is 3. The fourth-order valence-corrected chi connectivity index (χ4v) is 7.02. The summed E-state index contributed by atoms with van der Waals surface area (Å²) in [6.45, 7) is 6.67. The van der Waals surface area contributed by atoms with Gasteiger partial charge in [0, 0.05) is 73.4 Å². The van der Waals surface area contributed by atoms with E-state index in [9.17, 15) is 19.4 Å². The van der Waals surface area contributed by atoms with Crippen molar-refractivity contribution in [2.75, 3.05) is 63.9 Å². The number of carbonyl (C=O) groups is 1. The van der Waals surface area contributed by atoms with Gasteiger partial charge in [-0.15, -0.1) is 0 Å². The van der Waals surface area contributed by atoms with E-state index in [1.807, 2.05) is 4.90 Å². The van der Waals surface area contributed by atoms with Gasteiger partial charge >= 0.3 is 0 Å². The van der Waals surface area contributed by atoms with Crippen LogP contribution in [0.5, 0.6) is 0 Å². The number of carbonyl (C=O) groups excluding carboxylic acids is 1. The SMILES string of the molecule is O=C(C=CN1CCC(O)(C(O)CN2CCC(c3c[nH]c4ccc(N5CCOCC5)cc34)CC2)CC1)c1ccc(F)c(Br)c1. The Balaban J connectivity index is 0.991. The Hall–Kier alpha value is -2.76. The number of ketones is 1. The van der Waals surface area contributed by atoms with Gasteiger partial charge in [0.1, 0.15) is 5.82 Å². The zero-order chi connectivity index (χ0) is 30.0. The van der Waals surface area contributed by atoms with Crippen LogP contribution in [0, 0.1) is 5.82 Å². The molecule has 0 radical (unpaired) electrons. The van der Waals surface area contributed by atoms with Crippen LogP contribution in [-0.4, -0.2) is 102 Å². The third kappa shape index (κ3) is 6.83. The number of H-pyrrole nitrogens is 1. The highest BCUT2D eigenvalue weighted by atomic mass is 79.9. The second kappa shape index (κ2) is 13.1. The second-order valence-electron chi connectivity index (χ2n) is 12.1. The summed E-state index contributed by atoms with van der Waals surface area (Å²) in [4.78, 5) is 22.6. The molecule has 1 unspecified atom stereocenters. The molecule has 3 aromatic rings. The van der Waals surface area contributed by atoms with Crippen LogP contribution in [-0.2, 0) is 4.74 Å². The predicted molar refractivity (Wildman–Crippen MR) is 169 cm³/mol. The lowest BCUT2D eigenvalue weighted by Gasteiger charge is -2.43. The minimum absolute atomic E-state index is 0.213. The average molecular weight is 656 g/mol. The Labute approximate surface area is 260 Å². The molecule has 0 saturated carbocycles. The van der Waals surface area contributed by atoms with Crippen LogP contribution >= 0.6 is 15.9 Å². The summed E-state index contributed by atoms with van der Waals surface area (Å²) in [6.07, 6.45) is 7.40.